The fraction of sp³-hybridized carbons (Fsp3) is 0.938. The number of piperidine rings is 1. The van der Waals surface area contributed by atoms with Crippen LogP contribution in [0.1, 0.15) is 52.4 Å². The van der Waals surface area contributed by atoms with E-state index in [0.29, 0.717) is 30.5 Å². The molecule has 3 unspecified atom stereocenters. The van der Waals surface area contributed by atoms with Crippen LogP contribution in [0.2, 0.25) is 0 Å². The van der Waals surface area contributed by atoms with Gasteiger partial charge in [-0.25, -0.2) is 0 Å². The maximum absolute atomic E-state index is 12.0. The molecule has 3 fully saturated rings. The number of carboxylic acid groups (broad SMARTS) is 1. The van der Waals surface area contributed by atoms with E-state index in [4.69, 9.17) is 0 Å². The van der Waals surface area contributed by atoms with Crippen LogP contribution >= 0.6 is 0 Å². The Morgan fingerprint density at radius 3 is 2.50 bits per heavy atom. The Bertz CT molecular complexity index is 379. The van der Waals surface area contributed by atoms with Crippen LogP contribution in [0.15, 0.2) is 0 Å². The van der Waals surface area contributed by atoms with Gasteiger partial charge in [0.05, 0.1) is 0 Å². The molecule has 3 rings (SSSR count). The molecule has 0 amide bonds. The van der Waals surface area contributed by atoms with E-state index < -0.39 is 11.5 Å². The van der Waals surface area contributed by atoms with E-state index in [-0.39, 0.29) is 0 Å². The summed E-state index contributed by atoms with van der Waals surface area (Å²) < 4.78 is 0. The van der Waals surface area contributed by atoms with Gasteiger partial charge in [-0.1, -0.05) is 6.92 Å². The van der Waals surface area contributed by atoms with Crippen molar-refractivity contribution in [3.63, 3.8) is 0 Å². The molecule has 0 aromatic carbocycles. The second-order valence-corrected chi connectivity index (χ2v) is 7.30. The third-order valence-electron chi connectivity index (χ3n) is 5.65. The zero-order valence-corrected chi connectivity index (χ0v) is 12.8. The molecule has 0 aromatic heterocycles. The number of rotatable bonds is 6. The van der Waals surface area contributed by atoms with Crippen LogP contribution in [0, 0.1) is 11.8 Å². The number of hydrogen-bond acceptors (Lipinski definition) is 3. The Balaban J connectivity index is 1.76. The number of carboxylic acids is 1. The SMILES string of the molecule is CC1CCCN(CC(NC2CC2)(C(=O)O)C2CC2)C1C. The van der Waals surface area contributed by atoms with Gasteiger partial charge in [0.1, 0.15) is 5.54 Å². The molecule has 114 valence electrons. The van der Waals surface area contributed by atoms with Gasteiger partial charge in [-0.3, -0.25) is 15.0 Å². The molecule has 0 spiro atoms. The van der Waals surface area contributed by atoms with Crippen LogP contribution in [-0.2, 0) is 4.79 Å². The van der Waals surface area contributed by atoms with Gasteiger partial charge >= 0.3 is 5.97 Å². The lowest BCUT2D eigenvalue weighted by molar-refractivity contribution is -0.147. The highest BCUT2D eigenvalue weighted by Crippen LogP contribution is 2.43. The Morgan fingerprint density at radius 1 is 1.25 bits per heavy atom. The second-order valence-electron chi connectivity index (χ2n) is 7.30. The van der Waals surface area contributed by atoms with Crippen molar-refractivity contribution in [1.82, 2.24) is 10.2 Å². The largest absolute Gasteiger partial charge is 0.480 e. The lowest BCUT2D eigenvalue weighted by atomic mass is 9.87. The number of hydrogen-bond donors (Lipinski definition) is 2. The zero-order valence-electron chi connectivity index (χ0n) is 12.8. The predicted molar refractivity (Wildman–Crippen MR) is 78.7 cm³/mol. The molecule has 0 bridgehead atoms. The molecule has 4 nitrogen and oxygen atoms in total. The molecule has 2 N–H and O–H groups in total. The molecule has 3 aliphatic rings. The lowest BCUT2D eigenvalue weighted by Crippen LogP contribution is -2.63. The van der Waals surface area contributed by atoms with Crippen molar-refractivity contribution in [2.24, 2.45) is 11.8 Å². The van der Waals surface area contributed by atoms with Crippen LogP contribution in [0.25, 0.3) is 0 Å². The fourth-order valence-corrected chi connectivity index (χ4v) is 3.73. The van der Waals surface area contributed by atoms with Crippen LogP contribution in [0.5, 0.6) is 0 Å². The van der Waals surface area contributed by atoms with Crippen molar-refractivity contribution < 1.29 is 9.90 Å². The van der Waals surface area contributed by atoms with Gasteiger partial charge < -0.3 is 5.11 Å². The predicted octanol–water partition coefficient (Wildman–Crippen LogP) is 2.09. The molecular weight excluding hydrogens is 252 g/mol. The van der Waals surface area contributed by atoms with E-state index in [1.807, 2.05) is 0 Å². The van der Waals surface area contributed by atoms with Crippen LogP contribution < -0.4 is 5.32 Å². The van der Waals surface area contributed by atoms with Crippen LogP contribution in [0.4, 0.5) is 0 Å². The summed E-state index contributed by atoms with van der Waals surface area (Å²) in [7, 11) is 0. The van der Waals surface area contributed by atoms with Crippen molar-refractivity contribution >= 4 is 5.97 Å². The first-order valence-electron chi connectivity index (χ1n) is 8.28. The van der Waals surface area contributed by atoms with Crippen molar-refractivity contribution in [1.29, 1.82) is 0 Å². The Labute approximate surface area is 121 Å². The van der Waals surface area contributed by atoms with E-state index in [9.17, 15) is 9.90 Å². The highest BCUT2D eigenvalue weighted by molar-refractivity contribution is 5.80. The Hall–Kier alpha value is -0.610. The maximum Gasteiger partial charge on any atom is 0.325 e. The second kappa shape index (κ2) is 5.30. The van der Waals surface area contributed by atoms with Crippen LogP contribution in [0.3, 0.4) is 0 Å². The first-order valence-corrected chi connectivity index (χ1v) is 8.28. The molecule has 0 radical (unpaired) electrons. The number of nitrogens with one attached hydrogen (secondary N) is 1. The summed E-state index contributed by atoms with van der Waals surface area (Å²) >= 11 is 0. The van der Waals surface area contributed by atoms with Gasteiger partial charge in [-0.05, 0) is 63.8 Å². The molecule has 3 atom stereocenters. The topological polar surface area (TPSA) is 52.6 Å². The van der Waals surface area contributed by atoms with Gasteiger partial charge in [0, 0.05) is 18.6 Å². The minimum absolute atomic E-state index is 0.338. The molecule has 1 heterocycles. The molecule has 20 heavy (non-hydrogen) atoms. The highest BCUT2D eigenvalue weighted by atomic mass is 16.4. The van der Waals surface area contributed by atoms with E-state index in [1.165, 1.54) is 12.8 Å². The number of aliphatic carboxylic acids is 1. The van der Waals surface area contributed by atoms with Gasteiger partial charge in [0.25, 0.3) is 0 Å². The first-order chi connectivity index (χ1) is 9.53. The molecule has 0 aromatic rings. The average molecular weight is 280 g/mol. The van der Waals surface area contributed by atoms with Gasteiger partial charge in [0.2, 0.25) is 0 Å². The minimum atomic E-state index is -0.688. The van der Waals surface area contributed by atoms with Crippen molar-refractivity contribution in [3.8, 4) is 0 Å². The quantitative estimate of drug-likeness (QED) is 0.782. The molecule has 2 saturated carbocycles. The van der Waals surface area contributed by atoms with Gasteiger partial charge in [-0.15, -0.1) is 0 Å². The molecule has 1 aliphatic heterocycles. The number of likely N-dealkylation sites (tertiary alicyclic amines) is 1. The standard InChI is InChI=1S/C16H28N2O2/c1-11-4-3-9-18(12(11)2)10-16(15(19)20,13-5-6-13)17-14-7-8-14/h11-14,17H,3-10H2,1-2H3,(H,19,20). The summed E-state index contributed by atoms with van der Waals surface area (Å²) in [4.78, 5) is 14.5. The Morgan fingerprint density at radius 2 is 1.95 bits per heavy atom. The summed E-state index contributed by atoms with van der Waals surface area (Å²) in [6, 6.07) is 0.950. The molecule has 1 saturated heterocycles. The summed E-state index contributed by atoms with van der Waals surface area (Å²) in [6.07, 6.45) is 6.92. The third kappa shape index (κ3) is 2.73. The summed E-state index contributed by atoms with van der Waals surface area (Å²) in [5.41, 5.74) is -0.688. The van der Waals surface area contributed by atoms with Crippen molar-refractivity contribution in [3.05, 3.63) is 0 Å². The van der Waals surface area contributed by atoms with Gasteiger partial charge in [0.15, 0.2) is 0 Å². The van der Waals surface area contributed by atoms with Gasteiger partial charge in [-0.2, -0.15) is 0 Å². The monoisotopic (exact) mass is 280 g/mol. The average Bonchev–Trinajstić information content (AvgIpc) is 3.26. The first kappa shape index (κ1) is 14.3. The zero-order chi connectivity index (χ0) is 14.3. The Kier molecular flexibility index (Phi) is 3.80. The smallest absolute Gasteiger partial charge is 0.325 e. The molecule has 4 heteroatoms. The fourth-order valence-electron chi connectivity index (χ4n) is 3.73. The highest BCUT2D eigenvalue weighted by Gasteiger charge is 2.54. The van der Waals surface area contributed by atoms with E-state index >= 15 is 0 Å². The van der Waals surface area contributed by atoms with E-state index in [0.717, 1.165) is 32.2 Å². The summed E-state index contributed by atoms with van der Waals surface area (Å²) in [6.45, 7) is 6.31. The lowest BCUT2D eigenvalue weighted by Gasteiger charge is -2.43. The normalized spacial score (nSPS) is 34.7. The molecule has 2 aliphatic carbocycles. The van der Waals surface area contributed by atoms with Crippen molar-refractivity contribution in [2.45, 2.75) is 70.0 Å². The number of nitrogens with zero attached hydrogens (tertiary/aromatic N) is 1. The van der Waals surface area contributed by atoms with E-state index in [1.54, 1.807) is 0 Å². The third-order valence-corrected chi connectivity index (χ3v) is 5.65. The molecular formula is C16H28N2O2. The van der Waals surface area contributed by atoms with Crippen LogP contribution in [-0.4, -0.2) is 46.7 Å². The summed E-state index contributed by atoms with van der Waals surface area (Å²) in [5, 5.41) is 13.4. The van der Waals surface area contributed by atoms with E-state index in [2.05, 4.69) is 24.1 Å². The number of carbonyl (C=O) groups is 1. The maximum atomic E-state index is 12.0. The van der Waals surface area contributed by atoms with Crippen molar-refractivity contribution in [2.75, 3.05) is 13.1 Å². The summed E-state index contributed by atoms with van der Waals surface area (Å²) in [5.74, 6) is 0.387. The minimum Gasteiger partial charge on any atom is -0.480 e.